The van der Waals surface area contributed by atoms with Gasteiger partial charge in [-0.3, -0.25) is 14.8 Å². The van der Waals surface area contributed by atoms with Crippen molar-refractivity contribution in [3.8, 4) is 0 Å². The van der Waals surface area contributed by atoms with Crippen molar-refractivity contribution in [3.05, 3.63) is 18.0 Å². The zero-order valence-corrected chi connectivity index (χ0v) is 12.7. The zero-order valence-electron chi connectivity index (χ0n) is 12.7. The maximum atomic E-state index is 12.1. The molecular formula is C14H22N4O3. The lowest BCUT2D eigenvalue weighted by Gasteiger charge is -2.40. The smallest absolute Gasteiger partial charge is 0.410 e. The van der Waals surface area contributed by atoms with Gasteiger partial charge in [-0.1, -0.05) is 0 Å². The third kappa shape index (κ3) is 4.21. The van der Waals surface area contributed by atoms with Gasteiger partial charge in [0.2, 0.25) is 5.91 Å². The van der Waals surface area contributed by atoms with E-state index in [1.54, 1.807) is 12.4 Å². The standard InChI is InChI=1S/C14H22N4O3/c1-14(2,3)21-13(20)18-7-5-11(18)12(19)15-6-4-10-8-16-17-9-10/h8-9,11H,4-7H2,1-3H3,(H,15,19)(H,16,17)/t11-/m1/s1. The highest BCUT2D eigenvalue weighted by Crippen LogP contribution is 2.21. The van der Waals surface area contributed by atoms with E-state index >= 15 is 0 Å². The molecule has 1 saturated heterocycles. The molecule has 0 spiro atoms. The first-order valence-corrected chi connectivity index (χ1v) is 7.12. The van der Waals surface area contributed by atoms with E-state index in [2.05, 4.69) is 15.5 Å². The van der Waals surface area contributed by atoms with E-state index in [1.807, 2.05) is 20.8 Å². The Morgan fingerprint density at radius 1 is 1.52 bits per heavy atom. The van der Waals surface area contributed by atoms with E-state index in [1.165, 1.54) is 4.90 Å². The van der Waals surface area contributed by atoms with Crippen molar-refractivity contribution in [2.24, 2.45) is 0 Å². The van der Waals surface area contributed by atoms with Crippen LogP contribution in [0.15, 0.2) is 12.4 Å². The van der Waals surface area contributed by atoms with Crippen molar-refractivity contribution >= 4 is 12.0 Å². The van der Waals surface area contributed by atoms with Gasteiger partial charge in [-0.2, -0.15) is 5.10 Å². The van der Waals surface area contributed by atoms with Gasteiger partial charge >= 0.3 is 6.09 Å². The van der Waals surface area contributed by atoms with Crippen LogP contribution in [0.2, 0.25) is 0 Å². The molecule has 1 fully saturated rings. The lowest BCUT2D eigenvalue weighted by Crippen LogP contribution is -2.59. The van der Waals surface area contributed by atoms with Gasteiger partial charge in [0.1, 0.15) is 11.6 Å². The average molecular weight is 294 g/mol. The number of nitrogens with zero attached hydrogens (tertiary/aromatic N) is 2. The molecule has 7 nitrogen and oxygen atoms in total. The average Bonchev–Trinajstić information content (AvgIpc) is 2.77. The highest BCUT2D eigenvalue weighted by atomic mass is 16.6. The number of rotatable bonds is 4. The van der Waals surface area contributed by atoms with Gasteiger partial charge in [0, 0.05) is 19.3 Å². The minimum absolute atomic E-state index is 0.129. The number of hydrogen-bond donors (Lipinski definition) is 2. The fourth-order valence-electron chi connectivity index (χ4n) is 2.06. The highest BCUT2D eigenvalue weighted by molar-refractivity contribution is 5.87. The first-order valence-electron chi connectivity index (χ1n) is 7.12. The van der Waals surface area contributed by atoms with E-state index in [0.29, 0.717) is 25.9 Å². The SMILES string of the molecule is CC(C)(C)OC(=O)N1CC[C@@H]1C(=O)NCCc1cn[nH]c1. The first-order chi connectivity index (χ1) is 9.87. The molecule has 0 aromatic carbocycles. The Kier molecular flexibility index (Phi) is 4.50. The molecule has 0 bridgehead atoms. The van der Waals surface area contributed by atoms with Gasteiger partial charge in [0.05, 0.1) is 6.20 Å². The van der Waals surface area contributed by atoms with Crippen LogP contribution in [-0.4, -0.2) is 51.8 Å². The van der Waals surface area contributed by atoms with E-state index in [4.69, 9.17) is 4.74 Å². The van der Waals surface area contributed by atoms with Gasteiger partial charge in [0.15, 0.2) is 0 Å². The molecule has 0 unspecified atom stereocenters. The second-order valence-corrected chi connectivity index (χ2v) is 6.13. The monoisotopic (exact) mass is 294 g/mol. The highest BCUT2D eigenvalue weighted by Gasteiger charge is 2.39. The minimum Gasteiger partial charge on any atom is -0.444 e. The molecule has 21 heavy (non-hydrogen) atoms. The summed E-state index contributed by atoms with van der Waals surface area (Å²) in [5, 5.41) is 9.41. The zero-order chi connectivity index (χ0) is 15.5. The van der Waals surface area contributed by atoms with E-state index in [0.717, 1.165) is 5.56 Å². The number of nitrogens with one attached hydrogen (secondary N) is 2. The van der Waals surface area contributed by atoms with E-state index < -0.39 is 17.7 Å². The molecule has 7 heteroatoms. The molecule has 1 aliphatic rings. The molecule has 2 amide bonds. The Hall–Kier alpha value is -2.05. The van der Waals surface area contributed by atoms with Crippen LogP contribution >= 0.6 is 0 Å². The number of aromatic amines is 1. The summed E-state index contributed by atoms with van der Waals surface area (Å²) in [7, 11) is 0. The van der Waals surface area contributed by atoms with Crippen LogP contribution in [0, 0.1) is 0 Å². The normalized spacial score (nSPS) is 18.0. The summed E-state index contributed by atoms with van der Waals surface area (Å²) in [4.78, 5) is 25.4. The van der Waals surface area contributed by atoms with Gasteiger partial charge in [-0.15, -0.1) is 0 Å². The molecule has 2 rings (SSSR count). The third-order valence-corrected chi connectivity index (χ3v) is 3.22. The number of hydrogen-bond acceptors (Lipinski definition) is 4. The summed E-state index contributed by atoms with van der Waals surface area (Å²) in [5.41, 5.74) is 0.488. The molecule has 2 N–H and O–H groups in total. The number of H-pyrrole nitrogens is 1. The summed E-state index contributed by atoms with van der Waals surface area (Å²) in [5.74, 6) is -0.129. The fourth-order valence-corrected chi connectivity index (χ4v) is 2.06. The molecule has 0 aliphatic carbocycles. The van der Waals surface area contributed by atoms with Crippen LogP contribution in [0.3, 0.4) is 0 Å². The lowest BCUT2D eigenvalue weighted by molar-refractivity contribution is -0.130. The molecule has 1 atom stereocenters. The van der Waals surface area contributed by atoms with Crippen molar-refractivity contribution in [2.75, 3.05) is 13.1 Å². The molecule has 1 aromatic rings. The van der Waals surface area contributed by atoms with Crippen molar-refractivity contribution in [3.63, 3.8) is 0 Å². The maximum Gasteiger partial charge on any atom is 0.410 e. The summed E-state index contributed by atoms with van der Waals surface area (Å²) in [6, 6.07) is -0.413. The molecule has 116 valence electrons. The van der Waals surface area contributed by atoms with E-state index in [-0.39, 0.29) is 5.91 Å². The summed E-state index contributed by atoms with van der Waals surface area (Å²) >= 11 is 0. The Labute approximate surface area is 124 Å². The molecule has 0 radical (unpaired) electrons. The number of carbonyl (C=O) groups is 2. The first kappa shape index (κ1) is 15.3. The number of ether oxygens (including phenoxy) is 1. The Morgan fingerprint density at radius 2 is 2.29 bits per heavy atom. The molecule has 1 aromatic heterocycles. The second kappa shape index (κ2) is 6.15. The molecular weight excluding hydrogens is 272 g/mol. The van der Waals surface area contributed by atoms with Gasteiger partial charge in [0.25, 0.3) is 0 Å². The minimum atomic E-state index is -0.547. The Morgan fingerprint density at radius 3 is 2.81 bits per heavy atom. The Bertz CT molecular complexity index is 493. The van der Waals surface area contributed by atoms with Gasteiger partial charge in [-0.25, -0.2) is 4.79 Å². The largest absolute Gasteiger partial charge is 0.444 e. The predicted molar refractivity (Wildman–Crippen MR) is 76.6 cm³/mol. The maximum absolute atomic E-state index is 12.1. The quantitative estimate of drug-likeness (QED) is 0.870. The number of amides is 2. The second-order valence-electron chi connectivity index (χ2n) is 6.13. The topological polar surface area (TPSA) is 87.3 Å². The third-order valence-electron chi connectivity index (χ3n) is 3.22. The summed E-state index contributed by atoms with van der Waals surface area (Å²) < 4.78 is 5.28. The predicted octanol–water partition coefficient (Wildman–Crippen LogP) is 1.08. The van der Waals surface area contributed by atoms with Crippen molar-refractivity contribution < 1.29 is 14.3 Å². The molecule has 1 aliphatic heterocycles. The lowest BCUT2D eigenvalue weighted by atomic mass is 10.0. The summed E-state index contributed by atoms with van der Waals surface area (Å²) in [6.07, 6.45) is 4.48. The Balaban J connectivity index is 1.76. The molecule has 0 saturated carbocycles. The van der Waals surface area contributed by atoms with Gasteiger partial charge < -0.3 is 10.1 Å². The van der Waals surface area contributed by atoms with Gasteiger partial charge in [-0.05, 0) is 39.2 Å². The number of carbonyl (C=O) groups excluding carboxylic acids is 2. The fraction of sp³-hybridized carbons (Fsp3) is 0.643. The number of likely N-dealkylation sites (tertiary alicyclic amines) is 1. The molecule has 2 heterocycles. The van der Waals surface area contributed by atoms with Crippen LogP contribution in [0.25, 0.3) is 0 Å². The van der Waals surface area contributed by atoms with Crippen LogP contribution < -0.4 is 5.32 Å². The van der Waals surface area contributed by atoms with Crippen molar-refractivity contribution in [1.29, 1.82) is 0 Å². The van der Waals surface area contributed by atoms with Crippen LogP contribution in [0.5, 0.6) is 0 Å². The number of aromatic nitrogens is 2. The summed E-state index contributed by atoms with van der Waals surface area (Å²) in [6.45, 7) is 6.52. The van der Waals surface area contributed by atoms with Crippen LogP contribution in [-0.2, 0) is 16.0 Å². The van der Waals surface area contributed by atoms with Crippen molar-refractivity contribution in [2.45, 2.75) is 45.3 Å². The van der Waals surface area contributed by atoms with Crippen LogP contribution in [0.4, 0.5) is 4.79 Å². The van der Waals surface area contributed by atoms with E-state index in [9.17, 15) is 9.59 Å². The van der Waals surface area contributed by atoms with Crippen molar-refractivity contribution in [1.82, 2.24) is 20.4 Å². The van der Waals surface area contributed by atoms with Crippen LogP contribution in [0.1, 0.15) is 32.8 Å².